The van der Waals surface area contributed by atoms with Crippen molar-refractivity contribution in [1.82, 2.24) is 0 Å². The summed E-state index contributed by atoms with van der Waals surface area (Å²) >= 11 is 0. The smallest absolute Gasteiger partial charge is 0.161 e. The van der Waals surface area contributed by atoms with Crippen molar-refractivity contribution >= 4 is 0 Å². The van der Waals surface area contributed by atoms with Crippen molar-refractivity contribution in [1.29, 1.82) is 5.26 Å². The van der Waals surface area contributed by atoms with Crippen LogP contribution >= 0.6 is 0 Å². The van der Waals surface area contributed by atoms with Crippen LogP contribution in [0.3, 0.4) is 0 Å². The first kappa shape index (κ1) is 7.19. The maximum absolute atomic E-state index is 8.70. The van der Waals surface area contributed by atoms with Crippen molar-refractivity contribution in [3.63, 3.8) is 0 Å². The Morgan fingerprint density at radius 1 is 1.88 bits per heavy atom. The lowest BCUT2D eigenvalue weighted by atomic mass is 10.2. The first-order chi connectivity index (χ1) is 3.72. The number of aliphatic hydroxyl groups excluding tert-OH is 1. The minimum Gasteiger partial charge on any atom is -0.374 e. The van der Waals surface area contributed by atoms with Gasteiger partial charge in [0, 0.05) is 0 Å². The Morgan fingerprint density at radius 3 is 2.50 bits per heavy atom. The first-order valence-corrected chi connectivity index (χ1v) is 2.43. The minimum absolute atomic E-state index is 0.701. The Hall–Kier alpha value is -0.810. The molecule has 1 atom stereocenters. The van der Waals surface area contributed by atoms with Gasteiger partial charge in [-0.2, -0.15) is 5.26 Å². The largest absolute Gasteiger partial charge is 0.374 e. The van der Waals surface area contributed by atoms with Crippen molar-refractivity contribution in [2.45, 2.75) is 20.0 Å². The van der Waals surface area contributed by atoms with E-state index < -0.39 is 6.10 Å². The highest BCUT2D eigenvalue weighted by Crippen LogP contribution is 1.97. The van der Waals surface area contributed by atoms with E-state index in [-0.39, 0.29) is 0 Å². The Labute approximate surface area is 49.1 Å². The van der Waals surface area contributed by atoms with Crippen LogP contribution in [0.25, 0.3) is 0 Å². The van der Waals surface area contributed by atoms with Crippen LogP contribution in [-0.4, -0.2) is 11.2 Å². The van der Waals surface area contributed by atoms with E-state index in [1.165, 1.54) is 0 Å². The lowest BCUT2D eigenvalue weighted by Gasteiger charge is -1.96. The highest BCUT2D eigenvalue weighted by molar-refractivity contribution is 5.11. The number of hydrogen-bond donors (Lipinski definition) is 1. The molecule has 0 rings (SSSR count). The molecule has 0 amide bonds. The van der Waals surface area contributed by atoms with Crippen molar-refractivity contribution in [3.05, 3.63) is 11.6 Å². The molecule has 2 heteroatoms. The summed E-state index contributed by atoms with van der Waals surface area (Å²) in [5.41, 5.74) is 0.701. The molecule has 0 heterocycles. The molecule has 0 aliphatic carbocycles. The van der Waals surface area contributed by atoms with Crippen LogP contribution in [0, 0.1) is 11.3 Å². The fourth-order valence-electron chi connectivity index (χ4n) is 0.260. The predicted octanol–water partition coefficient (Wildman–Crippen LogP) is 0.837. The number of rotatable bonds is 1. The van der Waals surface area contributed by atoms with Gasteiger partial charge in [-0.25, -0.2) is 0 Å². The fraction of sp³-hybridized carbons (Fsp3) is 0.500. The molecule has 0 aromatic carbocycles. The third-order valence-corrected chi connectivity index (χ3v) is 1.01. The van der Waals surface area contributed by atoms with Gasteiger partial charge in [0.05, 0.1) is 6.07 Å². The van der Waals surface area contributed by atoms with Crippen molar-refractivity contribution in [3.8, 4) is 6.07 Å². The molecule has 0 radical (unpaired) electrons. The zero-order chi connectivity index (χ0) is 6.57. The van der Waals surface area contributed by atoms with Gasteiger partial charge in [0.25, 0.3) is 0 Å². The lowest BCUT2D eigenvalue weighted by Crippen LogP contribution is -2.02. The molecule has 0 aliphatic rings. The Kier molecular flexibility index (Phi) is 2.90. The molecule has 0 aromatic rings. The second-order valence-electron chi connectivity index (χ2n) is 1.56. The molecular formula is C6H9NO. The molecule has 0 saturated carbocycles. The van der Waals surface area contributed by atoms with Gasteiger partial charge in [0.1, 0.15) is 0 Å². The summed E-state index contributed by atoms with van der Waals surface area (Å²) in [5.74, 6) is 0. The van der Waals surface area contributed by atoms with Crippen LogP contribution in [0.2, 0.25) is 0 Å². The van der Waals surface area contributed by atoms with Gasteiger partial charge in [0.15, 0.2) is 6.10 Å². The number of nitrogens with zero attached hydrogens (tertiary/aromatic N) is 1. The first-order valence-electron chi connectivity index (χ1n) is 2.43. The van der Waals surface area contributed by atoms with Crippen molar-refractivity contribution in [2.75, 3.05) is 0 Å². The number of allylic oxidation sites excluding steroid dienone is 1. The molecule has 44 valence electrons. The maximum atomic E-state index is 8.70. The Bertz CT molecular complexity index is 132. The quantitative estimate of drug-likeness (QED) is 0.402. The average Bonchev–Trinajstić information content (AvgIpc) is 1.84. The summed E-state index contributed by atoms with van der Waals surface area (Å²) in [4.78, 5) is 0. The summed E-state index contributed by atoms with van der Waals surface area (Å²) in [5, 5.41) is 16.8. The number of aliphatic hydroxyl groups is 1. The van der Waals surface area contributed by atoms with Gasteiger partial charge >= 0.3 is 0 Å². The monoisotopic (exact) mass is 111 g/mol. The zero-order valence-corrected chi connectivity index (χ0v) is 5.05. The fourth-order valence-corrected chi connectivity index (χ4v) is 0.260. The van der Waals surface area contributed by atoms with E-state index in [1.807, 2.05) is 0 Å². The molecule has 0 bridgehead atoms. The molecule has 0 saturated heterocycles. The van der Waals surface area contributed by atoms with E-state index in [0.717, 1.165) is 0 Å². The Balaban J connectivity index is 3.87. The summed E-state index contributed by atoms with van der Waals surface area (Å²) in [6, 6.07) is 1.70. The van der Waals surface area contributed by atoms with Gasteiger partial charge in [-0.15, -0.1) is 0 Å². The van der Waals surface area contributed by atoms with E-state index in [1.54, 1.807) is 26.0 Å². The minimum atomic E-state index is -0.917. The molecule has 1 N–H and O–H groups in total. The van der Waals surface area contributed by atoms with Gasteiger partial charge in [-0.3, -0.25) is 0 Å². The van der Waals surface area contributed by atoms with E-state index in [0.29, 0.717) is 5.57 Å². The van der Waals surface area contributed by atoms with Crippen LogP contribution < -0.4 is 0 Å². The van der Waals surface area contributed by atoms with E-state index >= 15 is 0 Å². The van der Waals surface area contributed by atoms with Gasteiger partial charge in [-0.1, -0.05) is 6.08 Å². The molecule has 8 heavy (non-hydrogen) atoms. The second-order valence-corrected chi connectivity index (χ2v) is 1.56. The number of nitriles is 1. The lowest BCUT2D eigenvalue weighted by molar-refractivity contribution is 0.266. The van der Waals surface area contributed by atoms with Gasteiger partial charge < -0.3 is 5.11 Å². The third-order valence-electron chi connectivity index (χ3n) is 1.01. The van der Waals surface area contributed by atoms with Crippen LogP contribution in [0.15, 0.2) is 11.6 Å². The normalized spacial score (nSPS) is 15.0. The molecule has 0 unspecified atom stereocenters. The molecule has 0 spiro atoms. The van der Waals surface area contributed by atoms with Crippen LogP contribution in [0.4, 0.5) is 0 Å². The summed E-state index contributed by atoms with van der Waals surface area (Å²) in [6.45, 7) is 3.50. The summed E-state index contributed by atoms with van der Waals surface area (Å²) < 4.78 is 0. The maximum Gasteiger partial charge on any atom is 0.161 e. The molecule has 2 nitrogen and oxygen atoms in total. The third kappa shape index (κ3) is 1.76. The standard InChI is InChI=1S/C6H9NO/c1-3-5(2)6(8)4-7/h3,6,8H,1-2H3/b5-3+/t6-/m1/s1. The van der Waals surface area contributed by atoms with Crippen LogP contribution in [-0.2, 0) is 0 Å². The number of hydrogen-bond acceptors (Lipinski definition) is 2. The van der Waals surface area contributed by atoms with Crippen LogP contribution in [0.5, 0.6) is 0 Å². The molecule has 0 aromatic heterocycles. The van der Waals surface area contributed by atoms with E-state index in [9.17, 15) is 0 Å². The molecular weight excluding hydrogens is 102 g/mol. The highest BCUT2D eigenvalue weighted by atomic mass is 16.3. The van der Waals surface area contributed by atoms with Gasteiger partial charge in [-0.05, 0) is 19.4 Å². The van der Waals surface area contributed by atoms with Crippen molar-refractivity contribution in [2.24, 2.45) is 0 Å². The second kappa shape index (κ2) is 3.23. The van der Waals surface area contributed by atoms with Crippen molar-refractivity contribution < 1.29 is 5.11 Å². The molecule has 0 fully saturated rings. The van der Waals surface area contributed by atoms with Gasteiger partial charge in [0.2, 0.25) is 0 Å². The SMILES string of the molecule is C/C=C(\C)[C@H](O)C#N. The van der Waals surface area contributed by atoms with E-state index in [4.69, 9.17) is 10.4 Å². The predicted molar refractivity (Wildman–Crippen MR) is 31.1 cm³/mol. The van der Waals surface area contributed by atoms with E-state index in [2.05, 4.69) is 0 Å². The summed E-state index contributed by atoms with van der Waals surface area (Å²) in [6.07, 6.45) is 0.799. The highest BCUT2D eigenvalue weighted by Gasteiger charge is 1.99. The Morgan fingerprint density at radius 2 is 2.38 bits per heavy atom. The van der Waals surface area contributed by atoms with Crippen LogP contribution in [0.1, 0.15) is 13.8 Å². The summed E-state index contributed by atoms with van der Waals surface area (Å²) in [7, 11) is 0. The zero-order valence-electron chi connectivity index (χ0n) is 5.05. The molecule has 0 aliphatic heterocycles. The topological polar surface area (TPSA) is 44.0 Å². The average molecular weight is 111 g/mol.